The molecule has 1 aliphatic carbocycles. The van der Waals surface area contributed by atoms with Crippen LogP contribution < -0.4 is 5.32 Å². The fourth-order valence-corrected chi connectivity index (χ4v) is 4.97. The second-order valence-corrected chi connectivity index (χ2v) is 9.45. The van der Waals surface area contributed by atoms with Crippen LogP contribution in [0.1, 0.15) is 65.2 Å². The maximum Gasteiger partial charge on any atom is 0.416 e. The highest BCUT2D eigenvalue weighted by Crippen LogP contribution is 2.33. The normalized spacial score (nSPS) is 15.6. The van der Waals surface area contributed by atoms with E-state index in [1.807, 2.05) is 0 Å². The number of hydrogen-bond acceptors (Lipinski definition) is 2. The van der Waals surface area contributed by atoms with Gasteiger partial charge in [0.15, 0.2) is 0 Å². The number of carbonyl (C=O) groups is 1. The molecule has 0 aliphatic heterocycles. The van der Waals surface area contributed by atoms with E-state index in [-0.39, 0.29) is 5.91 Å². The fraction of sp³-hybridized carbons (Fsp3) is 0.367. The molecule has 190 valence electrons. The summed E-state index contributed by atoms with van der Waals surface area (Å²) in [6.45, 7) is 7.99. The molecule has 0 spiro atoms. The van der Waals surface area contributed by atoms with Gasteiger partial charge >= 0.3 is 6.18 Å². The van der Waals surface area contributed by atoms with Gasteiger partial charge in [-0.1, -0.05) is 56.3 Å². The molecule has 36 heavy (non-hydrogen) atoms. The Kier molecular flexibility index (Phi) is 8.14. The van der Waals surface area contributed by atoms with Crippen molar-refractivity contribution in [2.75, 3.05) is 19.6 Å². The maximum absolute atomic E-state index is 12.8. The lowest BCUT2D eigenvalue weighted by atomic mass is 9.82. The average molecular weight is 495 g/mol. The van der Waals surface area contributed by atoms with Crippen molar-refractivity contribution in [1.82, 2.24) is 10.2 Å². The molecule has 0 fully saturated rings. The number of alkyl halides is 3. The van der Waals surface area contributed by atoms with Crippen molar-refractivity contribution >= 4 is 5.91 Å². The smallest absolute Gasteiger partial charge is 0.351 e. The molecule has 1 atom stereocenters. The summed E-state index contributed by atoms with van der Waals surface area (Å²) < 4.78 is 38.4. The zero-order valence-electron chi connectivity index (χ0n) is 20.9. The van der Waals surface area contributed by atoms with E-state index in [2.05, 4.69) is 42.3 Å². The molecular formula is C30H33F3N2O. The van der Waals surface area contributed by atoms with E-state index in [1.165, 1.54) is 28.8 Å². The number of hydrogen-bond donors (Lipinski definition) is 1. The van der Waals surface area contributed by atoms with Gasteiger partial charge in [0.2, 0.25) is 0 Å². The van der Waals surface area contributed by atoms with Crippen molar-refractivity contribution in [1.29, 1.82) is 0 Å². The Balaban J connectivity index is 1.37. The van der Waals surface area contributed by atoms with Gasteiger partial charge in [-0.2, -0.15) is 13.2 Å². The predicted octanol–water partition coefficient (Wildman–Crippen LogP) is 7.06. The first-order chi connectivity index (χ1) is 17.3. The van der Waals surface area contributed by atoms with E-state index in [1.54, 1.807) is 24.3 Å². The van der Waals surface area contributed by atoms with Gasteiger partial charge in [-0.3, -0.25) is 9.69 Å². The van der Waals surface area contributed by atoms with Crippen molar-refractivity contribution in [2.45, 2.75) is 51.7 Å². The molecule has 0 heterocycles. The van der Waals surface area contributed by atoms with Crippen LogP contribution in [-0.2, 0) is 19.1 Å². The van der Waals surface area contributed by atoms with Gasteiger partial charge in [0.25, 0.3) is 5.91 Å². The minimum Gasteiger partial charge on any atom is -0.351 e. The van der Waals surface area contributed by atoms with Crippen molar-refractivity contribution in [3.05, 3.63) is 94.5 Å². The third-order valence-corrected chi connectivity index (χ3v) is 7.15. The molecular weight excluding hydrogens is 461 g/mol. The average Bonchev–Trinajstić information content (AvgIpc) is 2.89. The Bertz CT molecular complexity index is 1170. The van der Waals surface area contributed by atoms with Gasteiger partial charge in [-0.05, 0) is 84.4 Å². The first-order valence-electron chi connectivity index (χ1n) is 12.7. The Morgan fingerprint density at radius 3 is 2.19 bits per heavy atom. The van der Waals surface area contributed by atoms with E-state index in [9.17, 15) is 18.0 Å². The molecule has 1 N–H and O–H groups in total. The number of halogens is 3. The summed E-state index contributed by atoms with van der Waals surface area (Å²) in [6.07, 6.45) is -1.11. The summed E-state index contributed by atoms with van der Waals surface area (Å²) in [6, 6.07) is 18.8. The summed E-state index contributed by atoms with van der Waals surface area (Å²) in [4.78, 5) is 15.2. The summed E-state index contributed by atoms with van der Waals surface area (Å²) in [7, 11) is 0. The highest BCUT2D eigenvalue weighted by molar-refractivity contribution is 5.94. The van der Waals surface area contributed by atoms with E-state index < -0.39 is 11.7 Å². The summed E-state index contributed by atoms with van der Waals surface area (Å²) in [5.41, 5.74) is 5.38. The van der Waals surface area contributed by atoms with Crippen LogP contribution in [0.5, 0.6) is 0 Å². The Hall–Kier alpha value is -3.12. The first kappa shape index (κ1) is 26.0. The molecule has 3 aromatic rings. The standard InChI is InChI=1S/C30H33F3N2O/c1-3-35(4-2)20-21-8-17-28-25(18-21)6-5-7-26(28)19-34-29(36)24-11-9-22(10-12-24)23-13-15-27(16-14-23)30(31,32)33/h8-18,26H,3-7,19-20H2,1-2H3,(H,34,36). The molecule has 4 rings (SSSR count). The van der Waals surface area contributed by atoms with Crippen LogP contribution in [0.3, 0.4) is 0 Å². The van der Waals surface area contributed by atoms with Crippen molar-refractivity contribution < 1.29 is 18.0 Å². The van der Waals surface area contributed by atoms with Crippen LogP contribution in [0.25, 0.3) is 11.1 Å². The third-order valence-electron chi connectivity index (χ3n) is 7.15. The zero-order chi connectivity index (χ0) is 25.7. The lowest BCUT2D eigenvalue weighted by Gasteiger charge is -2.27. The fourth-order valence-electron chi connectivity index (χ4n) is 4.97. The van der Waals surface area contributed by atoms with E-state index >= 15 is 0 Å². The minimum atomic E-state index is -4.35. The molecule has 6 heteroatoms. The summed E-state index contributed by atoms with van der Waals surface area (Å²) in [5, 5.41) is 3.09. The second kappa shape index (κ2) is 11.3. The molecule has 1 amide bonds. The number of amides is 1. The number of nitrogens with zero attached hydrogens (tertiary/aromatic N) is 1. The van der Waals surface area contributed by atoms with Gasteiger partial charge in [-0.15, -0.1) is 0 Å². The number of aryl methyl sites for hydroxylation is 1. The number of rotatable bonds is 8. The molecule has 1 aliphatic rings. The van der Waals surface area contributed by atoms with Gasteiger partial charge in [0.1, 0.15) is 0 Å². The van der Waals surface area contributed by atoms with E-state index in [0.717, 1.165) is 56.6 Å². The highest BCUT2D eigenvalue weighted by atomic mass is 19.4. The van der Waals surface area contributed by atoms with Gasteiger partial charge < -0.3 is 5.32 Å². The Labute approximate surface area is 211 Å². The number of benzene rings is 3. The number of fused-ring (bicyclic) bond motifs is 1. The molecule has 0 saturated heterocycles. The Morgan fingerprint density at radius 2 is 1.58 bits per heavy atom. The molecule has 0 bridgehead atoms. The monoisotopic (exact) mass is 494 g/mol. The van der Waals surface area contributed by atoms with Crippen LogP contribution in [0.15, 0.2) is 66.7 Å². The first-order valence-corrected chi connectivity index (χ1v) is 12.7. The van der Waals surface area contributed by atoms with Crippen LogP contribution in [0, 0.1) is 0 Å². The van der Waals surface area contributed by atoms with E-state index in [4.69, 9.17) is 0 Å². The summed E-state index contributed by atoms with van der Waals surface area (Å²) in [5.74, 6) is 0.158. The minimum absolute atomic E-state index is 0.140. The molecule has 3 nitrogen and oxygen atoms in total. The van der Waals surface area contributed by atoms with Crippen molar-refractivity contribution in [2.24, 2.45) is 0 Å². The molecule has 3 aromatic carbocycles. The molecule has 0 aromatic heterocycles. The molecule has 0 saturated carbocycles. The highest BCUT2D eigenvalue weighted by Gasteiger charge is 2.30. The second-order valence-electron chi connectivity index (χ2n) is 9.45. The van der Waals surface area contributed by atoms with Crippen LogP contribution in [0.4, 0.5) is 13.2 Å². The predicted molar refractivity (Wildman–Crippen MR) is 138 cm³/mol. The quantitative estimate of drug-likeness (QED) is 0.363. The molecule has 0 radical (unpaired) electrons. The van der Waals surface area contributed by atoms with E-state index in [0.29, 0.717) is 23.6 Å². The van der Waals surface area contributed by atoms with Crippen molar-refractivity contribution in [3.8, 4) is 11.1 Å². The van der Waals surface area contributed by atoms with Gasteiger partial charge in [-0.25, -0.2) is 0 Å². The zero-order valence-corrected chi connectivity index (χ0v) is 20.9. The number of nitrogens with one attached hydrogen (secondary N) is 1. The number of carbonyl (C=O) groups excluding carboxylic acids is 1. The summed E-state index contributed by atoms with van der Waals surface area (Å²) >= 11 is 0. The third kappa shape index (κ3) is 6.16. The topological polar surface area (TPSA) is 32.3 Å². The van der Waals surface area contributed by atoms with Crippen LogP contribution >= 0.6 is 0 Å². The van der Waals surface area contributed by atoms with Crippen LogP contribution in [-0.4, -0.2) is 30.4 Å². The molecule has 1 unspecified atom stereocenters. The lowest BCUT2D eigenvalue weighted by Crippen LogP contribution is -2.30. The van der Waals surface area contributed by atoms with Crippen molar-refractivity contribution in [3.63, 3.8) is 0 Å². The largest absolute Gasteiger partial charge is 0.416 e. The van der Waals surface area contributed by atoms with Gasteiger partial charge in [0.05, 0.1) is 5.56 Å². The van der Waals surface area contributed by atoms with Crippen LogP contribution in [0.2, 0.25) is 0 Å². The SMILES string of the molecule is CCN(CC)Cc1ccc2c(c1)CCCC2CNC(=O)c1ccc(-c2ccc(C(F)(F)F)cc2)cc1. The van der Waals surface area contributed by atoms with Gasteiger partial charge in [0, 0.05) is 24.6 Å². The maximum atomic E-state index is 12.8. The lowest BCUT2D eigenvalue weighted by molar-refractivity contribution is -0.137. The Morgan fingerprint density at radius 1 is 0.944 bits per heavy atom.